The molecule has 39 heavy (non-hydrogen) atoms. The number of aryl methyl sites for hydroxylation is 2. The average molecular weight is 531 g/mol. The number of nitrogens with zero attached hydrogens (tertiary/aromatic N) is 3. The summed E-state index contributed by atoms with van der Waals surface area (Å²) in [6, 6.07) is 17.3. The van der Waals surface area contributed by atoms with Gasteiger partial charge < -0.3 is 10.2 Å². The predicted molar refractivity (Wildman–Crippen MR) is 143 cm³/mol. The zero-order chi connectivity index (χ0) is 27.7. The fraction of sp³-hybridized carbons (Fsp3) is 0.200. The fourth-order valence-corrected chi connectivity index (χ4v) is 4.87. The number of nitrogens with one attached hydrogen (secondary N) is 1. The molecule has 0 bridgehead atoms. The van der Waals surface area contributed by atoms with Crippen molar-refractivity contribution in [2.24, 2.45) is 0 Å². The number of carbonyl (C=O) groups is 2. The summed E-state index contributed by atoms with van der Waals surface area (Å²) in [6.07, 6.45) is -1.95. The van der Waals surface area contributed by atoms with Gasteiger partial charge >= 0.3 is 6.18 Å². The minimum atomic E-state index is -4.45. The SMILES string of the molecule is Cc1cc(-c2ccc(C(F)(F)F)cc2)c(C(=O)Nc2ccc3c(c2)CCN3C(=O)Cc2ccccn2)c(C)n1. The molecule has 0 radical (unpaired) electrons. The Labute approximate surface area is 223 Å². The molecule has 0 unspecified atom stereocenters. The van der Waals surface area contributed by atoms with E-state index >= 15 is 0 Å². The summed E-state index contributed by atoms with van der Waals surface area (Å²) < 4.78 is 39.2. The number of benzene rings is 2. The first-order valence-electron chi connectivity index (χ1n) is 12.4. The van der Waals surface area contributed by atoms with E-state index in [-0.39, 0.29) is 17.9 Å². The molecular weight excluding hydrogens is 505 g/mol. The number of aromatic nitrogens is 2. The second-order valence-electron chi connectivity index (χ2n) is 9.44. The summed E-state index contributed by atoms with van der Waals surface area (Å²) in [5, 5.41) is 2.91. The van der Waals surface area contributed by atoms with Crippen molar-refractivity contribution in [3.05, 3.63) is 107 Å². The smallest absolute Gasteiger partial charge is 0.322 e. The minimum Gasteiger partial charge on any atom is -0.322 e. The molecule has 1 N–H and O–H groups in total. The molecule has 0 spiro atoms. The summed E-state index contributed by atoms with van der Waals surface area (Å²) in [4.78, 5) is 36.7. The standard InChI is InChI=1S/C30H25F3N4O2/c1-18-15-25(20-6-8-22(9-7-20)30(31,32)33)28(19(2)35-18)29(39)36-24-10-11-26-21(16-24)12-14-37(26)27(38)17-23-5-3-4-13-34-23/h3-11,13,15-16H,12,14,17H2,1-2H3,(H,36,39). The number of amides is 2. The summed E-state index contributed by atoms with van der Waals surface area (Å²) >= 11 is 0. The van der Waals surface area contributed by atoms with Crippen molar-refractivity contribution in [3.63, 3.8) is 0 Å². The van der Waals surface area contributed by atoms with E-state index in [0.717, 1.165) is 23.4 Å². The topological polar surface area (TPSA) is 75.2 Å². The first-order valence-corrected chi connectivity index (χ1v) is 12.4. The van der Waals surface area contributed by atoms with E-state index in [0.29, 0.717) is 46.9 Å². The molecule has 3 heterocycles. The molecule has 6 nitrogen and oxygen atoms in total. The molecule has 198 valence electrons. The van der Waals surface area contributed by atoms with Crippen LogP contribution in [0.3, 0.4) is 0 Å². The summed E-state index contributed by atoms with van der Waals surface area (Å²) in [5.41, 5.74) is 4.61. The van der Waals surface area contributed by atoms with Gasteiger partial charge in [0.2, 0.25) is 5.91 Å². The van der Waals surface area contributed by atoms with Gasteiger partial charge in [-0.3, -0.25) is 19.6 Å². The van der Waals surface area contributed by atoms with Crippen LogP contribution in [0.2, 0.25) is 0 Å². The van der Waals surface area contributed by atoms with Crippen molar-refractivity contribution in [2.75, 3.05) is 16.8 Å². The van der Waals surface area contributed by atoms with Crippen LogP contribution in [-0.2, 0) is 23.8 Å². The second kappa shape index (κ2) is 10.3. The van der Waals surface area contributed by atoms with Gasteiger partial charge in [-0.05, 0) is 85.5 Å². The number of alkyl halides is 3. The van der Waals surface area contributed by atoms with E-state index in [2.05, 4.69) is 15.3 Å². The highest BCUT2D eigenvalue weighted by Crippen LogP contribution is 2.34. The number of fused-ring (bicyclic) bond motifs is 1. The molecule has 0 saturated carbocycles. The van der Waals surface area contributed by atoms with E-state index < -0.39 is 17.6 Å². The van der Waals surface area contributed by atoms with Crippen molar-refractivity contribution in [3.8, 4) is 11.1 Å². The molecule has 1 aliphatic heterocycles. The molecule has 0 saturated heterocycles. The van der Waals surface area contributed by atoms with Gasteiger partial charge in [-0.2, -0.15) is 13.2 Å². The lowest BCUT2D eigenvalue weighted by Gasteiger charge is -2.18. The van der Waals surface area contributed by atoms with Gasteiger partial charge in [-0.15, -0.1) is 0 Å². The molecule has 0 atom stereocenters. The molecule has 0 fully saturated rings. The van der Waals surface area contributed by atoms with Crippen LogP contribution in [0, 0.1) is 13.8 Å². The highest BCUT2D eigenvalue weighted by Gasteiger charge is 2.30. The molecule has 2 amide bonds. The zero-order valence-electron chi connectivity index (χ0n) is 21.3. The van der Waals surface area contributed by atoms with Crippen LogP contribution in [0.25, 0.3) is 11.1 Å². The third-order valence-corrected chi connectivity index (χ3v) is 6.67. The Morgan fingerprint density at radius 1 is 1.00 bits per heavy atom. The van der Waals surface area contributed by atoms with Crippen LogP contribution < -0.4 is 10.2 Å². The average Bonchev–Trinajstić information content (AvgIpc) is 3.32. The molecular formula is C30H25F3N4O2. The monoisotopic (exact) mass is 530 g/mol. The van der Waals surface area contributed by atoms with Crippen LogP contribution in [-0.4, -0.2) is 28.3 Å². The maximum absolute atomic E-state index is 13.4. The zero-order valence-corrected chi connectivity index (χ0v) is 21.3. The van der Waals surface area contributed by atoms with Crippen molar-refractivity contribution >= 4 is 23.2 Å². The summed E-state index contributed by atoms with van der Waals surface area (Å²) in [5.74, 6) is -0.470. The van der Waals surface area contributed by atoms with Gasteiger partial charge in [0.1, 0.15) is 0 Å². The van der Waals surface area contributed by atoms with Gasteiger partial charge in [-0.25, -0.2) is 0 Å². The van der Waals surface area contributed by atoms with Crippen LogP contribution >= 0.6 is 0 Å². The Morgan fingerprint density at radius 3 is 2.46 bits per heavy atom. The summed E-state index contributed by atoms with van der Waals surface area (Å²) in [7, 11) is 0. The number of rotatable bonds is 5. The third kappa shape index (κ3) is 5.52. The van der Waals surface area contributed by atoms with E-state index in [1.807, 2.05) is 24.3 Å². The van der Waals surface area contributed by atoms with E-state index in [1.165, 1.54) is 12.1 Å². The largest absolute Gasteiger partial charge is 0.416 e. The highest BCUT2D eigenvalue weighted by molar-refractivity contribution is 6.09. The van der Waals surface area contributed by atoms with Crippen LogP contribution in [0.1, 0.15) is 38.6 Å². The van der Waals surface area contributed by atoms with Crippen LogP contribution in [0.5, 0.6) is 0 Å². The number of hydrogen-bond donors (Lipinski definition) is 1. The lowest BCUT2D eigenvalue weighted by molar-refractivity contribution is -0.137. The van der Waals surface area contributed by atoms with Gasteiger partial charge in [0.25, 0.3) is 5.91 Å². The van der Waals surface area contributed by atoms with Gasteiger partial charge in [0.05, 0.1) is 23.2 Å². The molecule has 2 aromatic heterocycles. The van der Waals surface area contributed by atoms with Gasteiger partial charge in [0, 0.05) is 35.5 Å². The van der Waals surface area contributed by atoms with E-state index in [4.69, 9.17) is 0 Å². The lowest BCUT2D eigenvalue weighted by atomic mass is 9.96. The number of pyridine rings is 2. The molecule has 1 aliphatic rings. The highest BCUT2D eigenvalue weighted by atomic mass is 19.4. The van der Waals surface area contributed by atoms with Gasteiger partial charge in [-0.1, -0.05) is 18.2 Å². The number of hydrogen-bond acceptors (Lipinski definition) is 4. The van der Waals surface area contributed by atoms with Crippen molar-refractivity contribution in [1.82, 2.24) is 9.97 Å². The van der Waals surface area contributed by atoms with Gasteiger partial charge in [0.15, 0.2) is 0 Å². The van der Waals surface area contributed by atoms with E-state index in [1.54, 1.807) is 43.1 Å². The third-order valence-electron chi connectivity index (χ3n) is 6.67. The normalized spacial score (nSPS) is 12.8. The summed E-state index contributed by atoms with van der Waals surface area (Å²) in [6.45, 7) is 4.00. The van der Waals surface area contributed by atoms with E-state index in [9.17, 15) is 22.8 Å². The van der Waals surface area contributed by atoms with Crippen molar-refractivity contribution in [2.45, 2.75) is 32.9 Å². The molecule has 5 rings (SSSR count). The number of halogens is 3. The Morgan fingerprint density at radius 2 is 1.77 bits per heavy atom. The molecule has 4 aromatic rings. The lowest BCUT2D eigenvalue weighted by Crippen LogP contribution is -2.30. The Balaban J connectivity index is 1.38. The predicted octanol–water partition coefficient (Wildman–Crippen LogP) is 6.16. The minimum absolute atomic E-state index is 0.0493. The van der Waals surface area contributed by atoms with Crippen LogP contribution in [0.15, 0.2) is 72.9 Å². The maximum Gasteiger partial charge on any atom is 0.416 e. The van der Waals surface area contributed by atoms with Crippen molar-refractivity contribution < 1.29 is 22.8 Å². The Kier molecular flexibility index (Phi) is 6.91. The maximum atomic E-state index is 13.4. The first-order chi connectivity index (χ1) is 18.6. The van der Waals surface area contributed by atoms with Crippen LogP contribution in [0.4, 0.5) is 24.5 Å². The molecule has 9 heteroatoms. The fourth-order valence-electron chi connectivity index (χ4n) is 4.87. The molecule has 0 aliphatic carbocycles. The second-order valence-corrected chi connectivity index (χ2v) is 9.44. The first kappa shape index (κ1) is 26.1. The Hall–Kier alpha value is -4.53. The van der Waals surface area contributed by atoms with Crippen molar-refractivity contribution in [1.29, 1.82) is 0 Å². The Bertz CT molecular complexity index is 1550. The quantitative estimate of drug-likeness (QED) is 0.335. The molecule has 2 aromatic carbocycles. The number of carbonyl (C=O) groups excluding carboxylic acids is 2. The number of anilines is 2.